The molecule has 3 N–H and O–H groups in total. The van der Waals surface area contributed by atoms with Gasteiger partial charge in [0.2, 0.25) is 5.91 Å². The van der Waals surface area contributed by atoms with Gasteiger partial charge in [-0.05, 0) is 72.3 Å². The van der Waals surface area contributed by atoms with Gasteiger partial charge in [-0.2, -0.15) is 0 Å². The second-order valence-corrected chi connectivity index (χ2v) is 12.1. The Hall–Kier alpha value is -4.45. The SMILES string of the molecule is COc1ccc2nc(NC(=O)CSc3cccc(NC(=O)/C(=C/c4ccc(Br)cc4)NC(=O)c4ccccc4)c3)sc2c1. The minimum absolute atomic E-state index is 0.0852. The summed E-state index contributed by atoms with van der Waals surface area (Å²) >= 11 is 6.11. The van der Waals surface area contributed by atoms with Crippen LogP contribution in [-0.4, -0.2) is 35.6 Å². The van der Waals surface area contributed by atoms with Crippen LogP contribution in [0.3, 0.4) is 0 Å². The Labute approximate surface area is 264 Å². The summed E-state index contributed by atoms with van der Waals surface area (Å²) in [4.78, 5) is 44.1. The maximum Gasteiger partial charge on any atom is 0.272 e. The summed E-state index contributed by atoms with van der Waals surface area (Å²) < 4.78 is 7.06. The van der Waals surface area contributed by atoms with Crippen molar-refractivity contribution in [2.24, 2.45) is 0 Å². The first kappa shape index (κ1) is 30.0. The molecule has 1 aromatic heterocycles. The lowest BCUT2D eigenvalue weighted by Crippen LogP contribution is -2.30. The summed E-state index contributed by atoms with van der Waals surface area (Å²) in [6, 6.07) is 28.8. The van der Waals surface area contributed by atoms with Crippen molar-refractivity contribution in [3.05, 3.63) is 118 Å². The van der Waals surface area contributed by atoms with Crippen molar-refractivity contribution in [2.45, 2.75) is 4.90 Å². The molecule has 4 aromatic carbocycles. The van der Waals surface area contributed by atoms with E-state index in [1.807, 2.05) is 54.6 Å². The summed E-state index contributed by atoms with van der Waals surface area (Å²) in [7, 11) is 1.60. The number of rotatable bonds is 10. The highest BCUT2D eigenvalue weighted by Crippen LogP contribution is 2.29. The summed E-state index contributed by atoms with van der Waals surface area (Å²) in [6.07, 6.45) is 1.61. The quantitative estimate of drug-likeness (QED) is 0.107. The largest absolute Gasteiger partial charge is 0.497 e. The predicted molar refractivity (Wildman–Crippen MR) is 177 cm³/mol. The molecule has 8 nitrogen and oxygen atoms in total. The number of methoxy groups -OCH3 is 1. The molecule has 0 unspecified atom stereocenters. The van der Waals surface area contributed by atoms with Gasteiger partial charge in [0.1, 0.15) is 11.4 Å². The van der Waals surface area contributed by atoms with Gasteiger partial charge in [-0.25, -0.2) is 4.98 Å². The van der Waals surface area contributed by atoms with E-state index in [0.717, 1.165) is 30.9 Å². The van der Waals surface area contributed by atoms with Crippen molar-refractivity contribution in [2.75, 3.05) is 23.5 Å². The molecule has 0 fully saturated rings. The number of hydrogen-bond donors (Lipinski definition) is 3. The molecule has 1 heterocycles. The summed E-state index contributed by atoms with van der Waals surface area (Å²) in [5.41, 5.74) is 2.56. The zero-order chi connectivity index (χ0) is 30.2. The highest BCUT2D eigenvalue weighted by Gasteiger charge is 2.16. The van der Waals surface area contributed by atoms with Crippen LogP contribution < -0.4 is 20.7 Å². The van der Waals surface area contributed by atoms with Crippen LogP contribution in [-0.2, 0) is 9.59 Å². The topological polar surface area (TPSA) is 109 Å². The van der Waals surface area contributed by atoms with Gasteiger partial charge in [0.05, 0.1) is 23.1 Å². The molecular formula is C32H25BrN4O4S2. The number of carbonyl (C=O) groups is 3. The van der Waals surface area contributed by atoms with Crippen LogP contribution in [0.1, 0.15) is 15.9 Å². The highest BCUT2D eigenvalue weighted by molar-refractivity contribution is 9.10. The van der Waals surface area contributed by atoms with Gasteiger partial charge in [-0.15, -0.1) is 11.8 Å². The van der Waals surface area contributed by atoms with E-state index in [0.29, 0.717) is 16.4 Å². The van der Waals surface area contributed by atoms with Crippen LogP contribution in [0.2, 0.25) is 0 Å². The van der Waals surface area contributed by atoms with E-state index >= 15 is 0 Å². The molecule has 11 heteroatoms. The third kappa shape index (κ3) is 8.31. The van der Waals surface area contributed by atoms with E-state index in [4.69, 9.17) is 4.74 Å². The number of nitrogens with zero attached hydrogens (tertiary/aromatic N) is 1. The molecule has 0 saturated carbocycles. The lowest BCUT2D eigenvalue weighted by molar-refractivity contribution is -0.114. The molecule has 0 radical (unpaired) electrons. The molecule has 43 heavy (non-hydrogen) atoms. The maximum absolute atomic E-state index is 13.4. The lowest BCUT2D eigenvalue weighted by atomic mass is 10.1. The van der Waals surface area contributed by atoms with Crippen LogP contribution in [0, 0.1) is 0 Å². The number of amides is 3. The minimum atomic E-state index is -0.487. The number of carbonyl (C=O) groups excluding carboxylic acids is 3. The van der Waals surface area contributed by atoms with Gasteiger partial charge in [-0.3, -0.25) is 14.4 Å². The zero-order valence-corrected chi connectivity index (χ0v) is 26.0. The standard InChI is InChI=1S/C32H25BrN4O4S2/c1-41-24-14-15-26-28(18-24)43-32(36-26)37-29(38)19-42-25-9-5-8-23(17-25)34-31(40)27(16-20-10-12-22(33)13-11-20)35-30(39)21-6-3-2-4-7-21/h2-18H,19H2,1H3,(H,34,40)(H,35,39)(H,36,37,38)/b27-16-. The van der Waals surface area contributed by atoms with Crippen LogP contribution in [0.25, 0.3) is 16.3 Å². The van der Waals surface area contributed by atoms with Gasteiger partial charge in [-0.1, -0.05) is 63.7 Å². The summed E-state index contributed by atoms with van der Waals surface area (Å²) in [5.74, 6) is -0.209. The molecule has 0 bridgehead atoms. The number of thiazole rings is 1. The fourth-order valence-corrected chi connectivity index (χ4v) is 5.85. The number of nitrogens with one attached hydrogen (secondary N) is 3. The Kier molecular flexibility index (Phi) is 9.88. The van der Waals surface area contributed by atoms with Gasteiger partial charge >= 0.3 is 0 Å². The Morgan fingerprint density at radius 2 is 1.72 bits per heavy atom. The number of ether oxygens (including phenoxy) is 1. The Morgan fingerprint density at radius 1 is 0.930 bits per heavy atom. The van der Waals surface area contributed by atoms with Crippen molar-refractivity contribution in [3.8, 4) is 5.75 Å². The molecule has 3 amide bonds. The third-order valence-corrected chi connectivity index (χ3v) is 8.47. The fraction of sp³-hybridized carbons (Fsp3) is 0.0625. The molecule has 0 aliphatic carbocycles. The number of anilines is 2. The number of aromatic nitrogens is 1. The first-order chi connectivity index (χ1) is 20.9. The smallest absolute Gasteiger partial charge is 0.272 e. The predicted octanol–water partition coefficient (Wildman–Crippen LogP) is 7.21. The molecule has 5 aromatic rings. The molecule has 0 aliphatic heterocycles. The molecule has 5 rings (SSSR count). The molecule has 216 valence electrons. The number of benzene rings is 4. The van der Waals surface area contributed by atoms with Crippen molar-refractivity contribution < 1.29 is 19.1 Å². The van der Waals surface area contributed by atoms with Crippen molar-refractivity contribution in [1.29, 1.82) is 0 Å². The normalized spacial score (nSPS) is 11.2. The van der Waals surface area contributed by atoms with Crippen LogP contribution >= 0.6 is 39.0 Å². The molecule has 0 aliphatic rings. The van der Waals surface area contributed by atoms with E-state index in [1.54, 1.807) is 55.7 Å². The van der Waals surface area contributed by atoms with Crippen molar-refractivity contribution >= 4 is 83.9 Å². The second-order valence-electron chi connectivity index (χ2n) is 9.10. The number of fused-ring (bicyclic) bond motifs is 1. The molecule has 0 atom stereocenters. The van der Waals surface area contributed by atoms with Crippen LogP contribution in [0.15, 0.2) is 112 Å². The van der Waals surface area contributed by atoms with Crippen LogP contribution in [0.5, 0.6) is 5.75 Å². The van der Waals surface area contributed by atoms with E-state index in [9.17, 15) is 14.4 Å². The van der Waals surface area contributed by atoms with Gasteiger partial charge in [0.15, 0.2) is 5.13 Å². The van der Waals surface area contributed by atoms with E-state index in [-0.39, 0.29) is 17.4 Å². The minimum Gasteiger partial charge on any atom is -0.497 e. The first-order valence-corrected chi connectivity index (χ1v) is 15.6. The third-order valence-electron chi connectivity index (χ3n) is 6.01. The maximum atomic E-state index is 13.4. The molecule has 0 spiro atoms. The van der Waals surface area contributed by atoms with E-state index < -0.39 is 11.8 Å². The van der Waals surface area contributed by atoms with Gasteiger partial charge in [0.25, 0.3) is 11.8 Å². The van der Waals surface area contributed by atoms with Crippen LogP contribution in [0.4, 0.5) is 10.8 Å². The van der Waals surface area contributed by atoms with Gasteiger partial charge in [0, 0.05) is 20.6 Å². The molecule has 0 saturated heterocycles. The average molecular weight is 674 g/mol. The summed E-state index contributed by atoms with van der Waals surface area (Å²) in [6.45, 7) is 0. The Bertz CT molecular complexity index is 1810. The summed E-state index contributed by atoms with van der Waals surface area (Å²) in [5, 5.41) is 8.95. The van der Waals surface area contributed by atoms with E-state index in [1.165, 1.54) is 23.1 Å². The number of thioether (sulfide) groups is 1. The monoisotopic (exact) mass is 672 g/mol. The Morgan fingerprint density at radius 3 is 2.49 bits per heavy atom. The Balaban J connectivity index is 1.24. The fourth-order valence-electron chi connectivity index (χ4n) is 3.92. The highest BCUT2D eigenvalue weighted by atomic mass is 79.9. The average Bonchev–Trinajstić information content (AvgIpc) is 3.42. The van der Waals surface area contributed by atoms with Crippen molar-refractivity contribution in [1.82, 2.24) is 10.3 Å². The number of halogens is 1. The van der Waals surface area contributed by atoms with Gasteiger partial charge < -0.3 is 20.7 Å². The van der Waals surface area contributed by atoms with E-state index in [2.05, 4.69) is 36.9 Å². The molecular weight excluding hydrogens is 648 g/mol. The lowest BCUT2D eigenvalue weighted by Gasteiger charge is -2.12. The number of hydrogen-bond acceptors (Lipinski definition) is 7. The first-order valence-electron chi connectivity index (χ1n) is 13.0. The second kappa shape index (κ2) is 14.1. The van der Waals surface area contributed by atoms with Crippen molar-refractivity contribution in [3.63, 3.8) is 0 Å². The zero-order valence-electron chi connectivity index (χ0n) is 22.8.